The molecule has 3 aromatic rings. The van der Waals surface area contributed by atoms with Crippen LogP contribution in [0.2, 0.25) is 31.7 Å². The van der Waals surface area contributed by atoms with Crippen LogP contribution < -0.4 is 4.98 Å². The van der Waals surface area contributed by atoms with E-state index < -0.39 is 33.5 Å². The molecule has 1 saturated carbocycles. The first-order valence-electron chi connectivity index (χ1n) is 16.9. The maximum atomic E-state index is 5.44. The second-order valence-corrected chi connectivity index (χ2v) is 30.1. The van der Waals surface area contributed by atoms with E-state index in [0.29, 0.717) is 5.54 Å². The predicted molar refractivity (Wildman–Crippen MR) is 238 cm³/mol. The summed E-state index contributed by atoms with van der Waals surface area (Å²) in [5.74, 6) is 2.31. The zero-order valence-electron chi connectivity index (χ0n) is 31.9. The van der Waals surface area contributed by atoms with Crippen LogP contribution in [0.3, 0.4) is 0 Å². The van der Waals surface area contributed by atoms with Crippen LogP contribution in [0.15, 0.2) is 61.7 Å². The third-order valence-electron chi connectivity index (χ3n) is 11.0. The van der Waals surface area contributed by atoms with Crippen LogP contribution in [-0.2, 0) is 17.0 Å². The number of nitrogens with zero attached hydrogens (tertiary/aromatic N) is 1. The molecule has 6 unspecified atom stereocenters. The summed E-state index contributed by atoms with van der Waals surface area (Å²) in [5, 5.41) is 5.33. The summed E-state index contributed by atoms with van der Waals surface area (Å²) >= 11 is 10.6. The Bertz CT molecular complexity index is 1680. The third-order valence-corrected chi connectivity index (χ3v) is 21.0. The summed E-state index contributed by atoms with van der Waals surface area (Å²) in [5.41, 5.74) is 13.6. The Labute approximate surface area is 347 Å². The van der Waals surface area contributed by atoms with E-state index in [4.69, 9.17) is 23.6 Å². The van der Waals surface area contributed by atoms with Crippen LogP contribution in [-0.4, -0.2) is 21.7 Å². The van der Waals surface area contributed by atoms with Crippen molar-refractivity contribution in [1.29, 1.82) is 0 Å². The number of halogens is 4. The van der Waals surface area contributed by atoms with Gasteiger partial charge in [-0.3, -0.25) is 0 Å². The fraction of sp³-hybridized carbons (Fsp3) is 0.462. The quantitative estimate of drug-likeness (QED) is 0.197. The first-order chi connectivity index (χ1) is 22.9. The van der Waals surface area contributed by atoms with Crippen molar-refractivity contribution in [1.82, 2.24) is 0 Å². The molecule has 50 heavy (non-hydrogen) atoms. The van der Waals surface area contributed by atoms with Gasteiger partial charge in [0.1, 0.15) is 0 Å². The first-order valence-corrected chi connectivity index (χ1v) is 30.7. The second-order valence-electron chi connectivity index (χ2n) is 15.2. The number of aryl methyl sites for hydroxylation is 4. The number of allylic oxidation sites excluding steroid dienone is 3. The van der Waals surface area contributed by atoms with Crippen LogP contribution in [0.1, 0.15) is 65.9 Å². The number of benzene rings is 2. The Hall–Kier alpha value is 0.258. The topological polar surface area (TPSA) is 26.1 Å². The molecule has 1 aromatic heterocycles. The number of fused-ring (bicyclic) bond motifs is 2. The third kappa shape index (κ3) is 9.55. The van der Waals surface area contributed by atoms with Gasteiger partial charge in [0.2, 0.25) is 0 Å². The number of rotatable bonds is 6. The van der Waals surface area contributed by atoms with Crippen LogP contribution in [0.25, 0.3) is 10.6 Å². The summed E-state index contributed by atoms with van der Waals surface area (Å²) in [6.45, 7) is 28.2. The zero-order chi connectivity index (χ0) is 36.6. The standard InChI is InChI=1S/C19H27BrNSSi.C19H24BrNSSi.CH3.2ClH.Ti/c2*1-11-9-15(20)10-12(2)17(11)21-23(5,6)19-14(4)13(3)16-7-8-22-18(16)19;;;;/h7-10,13-14,16,18-19H,1-6H3;7-10,19,21H,1-6H3;1H3;2*1H;/q-1;;-1;;;+2/p-2. The molecule has 6 atom stereocenters. The molecular weight excluding hydrogens is 895 g/mol. The van der Waals surface area contributed by atoms with Gasteiger partial charge >= 0.3 is 35.6 Å². The SMILES string of the molecule is CC1=C(C)C([Si](C)(C)Nc2c(C)cc(Br)cc2C)c2sccc21.Cc1cc(Br)cc(C)c1[N-][Si](C)(C)C1C(C)C(C)C2C=CSC21.[CH3-].[Cl][Ti][Cl]. The number of nitrogens with one attached hydrogen (secondary N) is 1. The first kappa shape index (κ1) is 44.7. The second kappa shape index (κ2) is 18.3. The monoisotopic (exact) mass is 946 g/mol. The maximum absolute atomic E-state index is 5.44. The molecule has 2 nitrogen and oxygen atoms in total. The van der Waals surface area contributed by atoms with E-state index in [1.165, 1.54) is 44.8 Å². The number of hydrogen-bond donors (Lipinski definition) is 1. The predicted octanol–water partition coefficient (Wildman–Crippen LogP) is 15.9. The van der Waals surface area contributed by atoms with Crippen molar-refractivity contribution in [3.63, 3.8) is 0 Å². The van der Waals surface area contributed by atoms with Gasteiger partial charge in [-0.05, 0) is 136 Å². The number of thiophene rings is 1. The van der Waals surface area contributed by atoms with Gasteiger partial charge in [0.25, 0.3) is 0 Å². The molecule has 0 spiro atoms. The Kier molecular flexibility index (Phi) is 16.3. The van der Waals surface area contributed by atoms with Crippen LogP contribution in [0.4, 0.5) is 11.4 Å². The van der Waals surface area contributed by atoms with Crippen molar-refractivity contribution in [2.75, 3.05) is 4.98 Å². The van der Waals surface area contributed by atoms with Gasteiger partial charge in [-0.15, -0.1) is 28.8 Å². The average molecular weight is 950 g/mol. The molecular formula is C39H54Br2Cl2N2S2Si2Ti-2. The molecule has 11 heteroatoms. The summed E-state index contributed by atoms with van der Waals surface area (Å²) in [6, 6.07) is 11.1. The molecule has 6 rings (SSSR count). The number of anilines is 1. The van der Waals surface area contributed by atoms with Crippen LogP contribution in [0, 0.1) is 52.9 Å². The molecule has 1 N–H and O–H groups in total. The van der Waals surface area contributed by atoms with E-state index in [2.05, 4.69) is 177 Å². The summed E-state index contributed by atoms with van der Waals surface area (Å²) in [6.07, 6.45) is 2.46. The molecule has 1 aliphatic heterocycles. The summed E-state index contributed by atoms with van der Waals surface area (Å²) in [7, 11) is 6.32. The molecule has 2 aromatic carbocycles. The fourth-order valence-corrected chi connectivity index (χ4v) is 21.6. The molecule has 0 amide bonds. The molecule has 2 aliphatic carbocycles. The van der Waals surface area contributed by atoms with Crippen LogP contribution >= 0.6 is 73.6 Å². The molecule has 274 valence electrons. The molecule has 0 radical (unpaired) electrons. The normalized spacial score (nSPS) is 23.6. The van der Waals surface area contributed by atoms with E-state index in [-0.39, 0.29) is 7.43 Å². The molecule has 3 aliphatic rings. The Morgan fingerprint density at radius 2 is 1.36 bits per heavy atom. The van der Waals surface area contributed by atoms with Crippen molar-refractivity contribution in [2.24, 2.45) is 17.8 Å². The van der Waals surface area contributed by atoms with Crippen molar-refractivity contribution in [3.8, 4) is 0 Å². The van der Waals surface area contributed by atoms with E-state index >= 15 is 0 Å². The van der Waals surface area contributed by atoms with Gasteiger partial charge in [-0.1, -0.05) is 94.7 Å². The van der Waals surface area contributed by atoms with E-state index in [1.807, 2.05) is 11.3 Å². The molecule has 2 heterocycles. The van der Waals surface area contributed by atoms with Crippen molar-refractivity contribution in [2.45, 2.75) is 97.9 Å². The van der Waals surface area contributed by atoms with Gasteiger partial charge in [0.15, 0.2) is 8.24 Å². The van der Waals surface area contributed by atoms with E-state index in [9.17, 15) is 0 Å². The summed E-state index contributed by atoms with van der Waals surface area (Å²) in [4.78, 5) is 11.0. The number of thioether (sulfide) groups is 1. The van der Waals surface area contributed by atoms with Gasteiger partial charge in [0.05, 0.1) is 0 Å². The van der Waals surface area contributed by atoms with Gasteiger partial charge in [-0.2, -0.15) is 0 Å². The Morgan fingerprint density at radius 1 is 0.840 bits per heavy atom. The Morgan fingerprint density at radius 3 is 1.90 bits per heavy atom. The minimum atomic E-state index is -1.73. The van der Waals surface area contributed by atoms with Gasteiger partial charge < -0.3 is 17.4 Å². The van der Waals surface area contributed by atoms with Crippen molar-refractivity contribution < 1.29 is 17.0 Å². The molecule has 1 fully saturated rings. The van der Waals surface area contributed by atoms with Crippen molar-refractivity contribution in [3.05, 3.63) is 107 Å². The average Bonchev–Trinajstić information content (AvgIpc) is 3.75. The van der Waals surface area contributed by atoms with Crippen LogP contribution in [0.5, 0.6) is 0 Å². The molecule has 0 saturated heterocycles. The van der Waals surface area contributed by atoms with Crippen molar-refractivity contribution >= 4 is 107 Å². The van der Waals surface area contributed by atoms with Gasteiger partial charge in [-0.25, -0.2) is 0 Å². The van der Waals surface area contributed by atoms with E-state index in [1.54, 1.807) is 10.5 Å². The Balaban J connectivity index is 0.000000246. The van der Waals surface area contributed by atoms with E-state index in [0.717, 1.165) is 37.5 Å². The minimum absolute atomic E-state index is 0. The number of hydrogen-bond acceptors (Lipinski definition) is 3. The fourth-order valence-electron chi connectivity index (χ4n) is 8.54. The zero-order valence-corrected chi connectivity index (χ0v) is 41.7. The van der Waals surface area contributed by atoms with Gasteiger partial charge in [0, 0.05) is 30.3 Å². The molecule has 0 bridgehead atoms. The summed E-state index contributed by atoms with van der Waals surface area (Å²) < 4.78 is 2.32.